The second kappa shape index (κ2) is 5.41. The monoisotopic (exact) mass is 239 g/mol. The molecule has 2 heteroatoms. The number of para-hydroxylation sites is 1. The molecule has 0 saturated carbocycles. The van der Waals surface area contributed by atoms with Gasteiger partial charge in [-0.05, 0) is 23.8 Å². The van der Waals surface area contributed by atoms with Crippen LogP contribution >= 0.6 is 0 Å². The van der Waals surface area contributed by atoms with Gasteiger partial charge in [-0.2, -0.15) is 0 Å². The van der Waals surface area contributed by atoms with Crippen molar-refractivity contribution in [3.63, 3.8) is 0 Å². The second-order valence-electron chi connectivity index (χ2n) is 4.38. The minimum atomic E-state index is 0.303. The van der Waals surface area contributed by atoms with Gasteiger partial charge < -0.3 is 10.0 Å². The first kappa shape index (κ1) is 12.2. The van der Waals surface area contributed by atoms with E-state index in [9.17, 15) is 5.11 Å². The zero-order chi connectivity index (χ0) is 13.0. The number of anilines is 1. The van der Waals surface area contributed by atoms with E-state index in [4.69, 9.17) is 0 Å². The average molecular weight is 239 g/mol. The van der Waals surface area contributed by atoms with Crippen LogP contribution in [0.4, 0.5) is 5.69 Å². The fourth-order valence-corrected chi connectivity index (χ4v) is 1.72. The van der Waals surface area contributed by atoms with E-state index in [0.717, 1.165) is 16.8 Å². The molecule has 2 rings (SSSR count). The SMILES string of the molecule is CN(C)c1cccc(/C=C/c2ccccc2O)c1. The Morgan fingerprint density at radius 1 is 0.944 bits per heavy atom. The Kier molecular flexibility index (Phi) is 3.68. The first-order valence-electron chi connectivity index (χ1n) is 5.90. The number of hydrogen-bond acceptors (Lipinski definition) is 2. The summed E-state index contributed by atoms with van der Waals surface area (Å²) < 4.78 is 0. The molecule has 0 aliphatic heterocycles. The Morgan fingerprint density at radius 3 is 2.44 bits per heavy atom. The molecule has 0 radical (unpaired) electrons. The molecule has 92 valence electrons. The zero-order valence-corrected chi connectivity index (χ0v) is 10.7. The van der Waals surface area contributed by atoms with Crippen LogP contribution in [0, 0.1) is 0 Å². The lowest BCUT2D eigenvalue weighted by Crippen LogP contribution is -2.08. The van der Waals surface area contributed by atoms with E-state index in [1.165, 1.54) is 0 Å². The summed E-state index contributed by atoms with van der Waals surface area (Å²) in [7, 11) is 4.04. The standard InChI is InChI=1S/C16H17NO/c1-17(2)15-8-5-6-13(12-15)10-11-14-7-3-4-9-16(14)18/h3-12,18H,1-2H3/b11-10+. The first-order chi connectivity index (χ1) is 8.66. The summed E-state index contributed by atoms with van der Waals surface area (Å²) in [6.07, 6.45) is 3.92. The van der Waals surface area contributed by atoms with Gasteiger partial charge in [-0.25, -0.2) is 0 Å². The van der Waals surface area contributed by atoms with Gasteiger partial charge in [0, 0.05) is 25.3 Å². The van der Waals surface area contributed by atoms with Crippen LogP contribution in [0.15, 0.2) is 48.5 Å². The van der Waals surface area contributed by atoms with Crippen molar-refractivity contribution < 1.29 is 5.11 Å². The highest BCUT2D eigenvalue weighted by molar-refractivity contribution is 5.73. The molecule has 0 fully saturated rings. The summed E-state index contributed by atoms with van der Waals surface area (Å²) in [5.74, 6) is 0.303. The van der Waals surface area contributed by atoms with Gasteiger partial charge in [0.15, 0.2) is 0 Å². The van der Waals surface area contributed by atoms with Crippen molar-refractivity contribution in [1.82, 2.24) is 0 Å². The molecule has 0 aliphatic rings. The summed E-state index contributed by atoms with van der Waals surface area (Å²) in [4.78, 5) is 2.07. The van der Waals surface area contributed by atoms with E-state index in [1.54, 1.807) is 6.07 Å². The highest BCUT2D eigenvalue weighted by atomic mass is 16.3. The van der Waals surface area contributed by atoms with Gasteiger partial charge in [-0.15, -0.1) is 0 Å². The predicted molar refractivity (Wildman–Crippen MR) is 77.8 cm³/mol. The van der Waals surface area contributed by atoms with Gasteiger partial charge in [-0.1, -0.05) is 42.5 Å². The molecular weight excluding hydrogens is 222 g/mol. The number of benzene rings is 2. The predicted octanol–water partition coefficient (Wildman–Crippen LogP) is 3.63. The third kappa shape index (κ3) is 2.92. The van der Waals surface area contributed by atoms with Gasteiger partial charge in [0.1, 0.15) is 5.75 Å². The number of nitrogens with zero attached hydrogens (tertiary/aromatic N) is 1. The third-order valence-corrected chi connectivity index (χ3v) is 2.78. The van der Waals surface area contributed by atoms with Crippen LogP contribution in [0.2, 0.25) is 0 Å². The van der Waals surface area contributed by atoms with E-state index >= 15 is 0 Å². The minimum absolute atomic E-state index is 0.303. The Morgan fingerprint density at radius 2 is 1.72 bits per heavy atom. The molecule has 18 heavy (non-hydrogen) atoms. The van der Waals surface area contributed by atoms with Crippen LogP contribution in [0.1, 0.15) is 11.1 Å². The Bertz CT molecular complexity index is 559. The van der Waals surface area contributed by atoms with Gasteiger partial charge in [0.05, 0.1) is 0 Å². The summed E-state index contributed by atoms with van der Waals surface area (Å²) in [5.41, 5.74) is 3.10. The van der Waals surface area contributed by atoms with Crippen molar-refractivity contribution in [2.45, 2.75) is 0 Å². The lowest BCUT2D eigenvalue weighted by atomic mass is 10.1. The smallest absolute Gasteiger partial charge is 0.122 e. The van der Waals surface area contributed by atoms with Crippen molar-refractivity contribution >= 4 is 17.8 Å². The minimum Gasteiger partial charge on any atom is -0.507 e. The second-order valence-corrected chi connectivity index (χ2v) is 4.38. The average Bonchev–Trinajstić information content (AvgIpc) is 2.38. The molecule has 1 N–H and O–H groups in total. The van der Waals surface area contributed by atoms with Gasteiger partial charge in [-0.3, -0.25) is 0 Å². The van der Waals surface area contributed by atoms with Crippen molar-refractivity contribution in [3.05, 3.63) is 59.7 Å². The third-order valence-electron chi connectivity index (χ3n) is 2.78. The molecule has 0 saturated heterocycles. The zero-order valence-electron chi connectivity index (χ0n) is 10.7. The lowest BCUT2D eigenvalue weighted by Gasteiger charge is -2.12. The van der Waals surface area contributed by atoms with Gasteiger partial charge in [0.2, 0.25) is 0 Å². The fraction of sp³-hybridized carbons (Fsp3) is 0.125. The summed E-state index contributed by atoms with van der Waals surface area (Å²) in [6, 6.07) is 15.6. The molecule has 2 nitrogen and oxygen atoms in total. The maximum atomic E-state index is 9.67. The number of hydrogen-bond donors (Lipinski definition) is 1. The Balaban J connectivity index is 2.24. The van der Waals surface area contributed by atoms with Crippen molar-refractivity contribution in [1.29, 1.82) is 0 Å². The summed E-state index contributed by atoms with van der Waals surface area (Å²) in [6.45, 7) is 0. The molecule has 0 atom stereocenters. The highest BCUT2D eigenvalue weighted by Crippen LogP contribution is 2.20. The fourth-order valence-electron chi connectivity index (χ4n) is 1.72. The molecular formula is C16H17NO. The number of rotatable bonds is 3. The molecule has 0 bridgehead atoms. The van der Waals surface area contributed by atoms with Gasteiger partial charge in [0.25, 0.3) is 0 Å². The molecule has 0 unspecified atom stereocenters. The maximum absolute atomic E-state index is 9.67. The quantitative estimate of drug-likeness (QED) is 0.827. The van der Waals surface area contributed by atoms with Crippen LogP contribution in [-0.2, 0) is 0 Å². The van der Waals surface area contributed by atoms with Gasteiger partial charge >= 0.3 is 0 Å². The normalized spacial score (nSPS) is 10.8. The van der Waals surface area contributed by atoms with E-state index < -0.39 is 0 Å². The number of aromatic hydroxyl groups is 1. The molecule has 0 aliphatic carbocycles. The summed E-state index contributed by atoms with van der Waals surface area (Å²) in [5, 5.41) is 9.67. The topological polar surface area (TPSA) is 23.5 Å². The first-order valence-corrected chi connectivity index (χ1v) is 5.90. The maximum Gasteiger partial charge on any atom is 0.122 e. The lowest BCUT2D eigenvalue weighted by molar-refractivity contribution is 0.474. The van der Waals surface area contributed by atoms with Crippen molar-refractivity contribution in [2.75, 3.05) is 19.0 Å². The number of phenolic OH excluding ortho intramolecular Hbond substituents is 1. The van der Waals surface area contributed by atoms with Crippen LogP contribution in [0.5, 0.6) is 5.75 Å². The molecule has 2 aromatic carbocycles. The molecule has 0 amide bonds. The number of phenols is 1. The van der Waals surface area contributed by atoms with Crippen LogP contribution in [0.25, 0.3) is 12.2 Å². The van der Waals surface area contributed by atoms with Crippen LogP contribution in [0.3, 0.4) is 0 Å². The largest absolute Gasteiger partial charge is 0.507 e. The van der Waals surface area contributed by atoms with Crippen molar-refractivity contribution in [3.8, 4) is 5.75 Å². The molecule has 0 spiro atoms. The van der Waals surface area contributed by atoms with Crippen molar-refractivity contribution in [2.24, 2.45) is 0 Å². The summed E-state index contributed by atoms with van der Waals surface area (Å²) >= 11 is 0. The molecule has 0 aromatic heterocycles. The Labute approximate surface area is 108 Å². The van der Waals surface area contributed by atoms with Crippen LogP contribution in [-0.4, -0.2) is 19.2 Å². The van der Waals surface area contributed by atoms with E-state index in [0.29, 0.717) is 5.75 Å². The Hall–Kier alpha value is -2.22. The van der Waals surface area contributed by atoms with E-state index in [1.807, 2.05) is 56.6 Å². The highest BCUT2D eigenvalue weighted by Gasteiger charge is 1.96. The van der Waals surface area contributed by atoms with E-state index in [-0.39, 0.29) is 0 Å². The van der Waals surface area contributed by atoms with E-state index in [2.05, 4.69) is 17.0 Å². The molecule has 2 aromatic rings. The molecule has 0 heterocycles. The van der Waals surface area contributed by atoms with Crippen LogP contribution < -0.4 is 4.90 Å².